The van der Waals surface area contributed by atoms with Crippen molar-refractivity contribution in [2.75, 3.05) is 0 Å². The highest BCUT2D eigenvalue weighted by Gasteiger charge is 2.61. The summed E-state index contributed by atoms with van der Waals surface area (Å²) >= 11 is 0. The van der Waals surface area contributed by atoms with Crippen molar-refractivity contribution in [1.82, 2.24) is 0 Å². The summed E-state index contributed by atoms with van der Waals surface area (Å²) in [6.45, 7) is 1.69. The lowest BCUT2D eigenvalue weighted by molar-refractivity contribution is -0.142. The normalized spacial score (nSPS) is 40.2. The first kappa shape index (κ1) is 9.00. The first-order chi connectivity index (χ1) is 6.14. The molecule has 0 aromatic heterocycles. The summed E-state index contributed by atoms with van der Waals surface area (Å²) in [6, 6.07) is 0. The summed E-state index contributed by atoms with van der Waals surface area (Å²) in [7, 11) is 0. The standard InChI is InChI=1S/C10H16O3/c1-10(9(11)12)8(13-10)7-5-3-2-4-6-7/h7-8H,2-6H2,1H3,(H,11,12). The number of aliphatic carboxylic acids is 1. The molecule has 1 aliphatic carbocycles. The van der Waals surface area contributed by atoms with Crippen LogP contribution in [0.4, 0.5) is 0 Å². The Bertz CT molecular complexity index is 220. The fourth-order valence-corrected chi connectivity index (χ4v) is 2.38. The van der Waals surface area contributed by atoms with Crippen molar-refractivity contribution in [2.24, 2.45) is 5.92 Å². The number of rotatable bonds is 2. The van der Waals surface area contributed by atoms with Crippen molar-refractivity contribution in [3.05, 3.63) is 0 Å². The molecule has 0 aromatic rings. The van der Waals surface area contributed by atoms with Gasteiger partial charge in [-0.3, -0.25) is 0 Å². The van der Waals surface area contributed by atoms with E-state index in [1.165, 1.54) is 19.3 Å². The van der Waals surface area contributed by atoms with E-state index >= 15 is 0 Å². The Morgan fingerprint density at radius 1 is 1.38 bits per heavy atom. The lowest BCUT2D eigenvalue weighted by atomic mass is 9.83. The minimum absolute atomic E-state index is 0.00898. The molecule has 2 unspecified atom stereocenters. The fraction of sp³-hybridized carbons (Fsp3) is 0.900. The maximum Gasteiger partial charge on any atom is 0.338 e. The zero-order chi connectivity index (χ0) is 9.47. The first-order valence-electron chi connectivity index (χ1n) is 5.06. The summed E-state index contributed by atoms with van der Waals surface area (Å²) in [6.07, 6.45) is 6.06. The Hall–Kier alpha value is -0.570. The molecule has 1 aliphatic heterocycles. The molecule has 0 radical (unpaired) electrons. The van der Waals surface area contributed by atoms with E-state index in [1.54, 1.807) is 6.92 Å². The SMILES string of the molecule is CC1(C(=O)O)OC1C1CCCCC1. The van der Waals surface area contributed by atoms with Crippen LogP contribution in [0.25, 0.3) is 0 Å². The largest absolute Gasteiger partial charge is 0.479 e. The molecule has 2 atom stereocenters. The maximum absolute atomic E-state index is 10.8. The van der Waals surface area contributed by atoms with Gasteiger partial charge in [0.15, 0.2) is 5.60 Å². The summed E-state index contributed by atoms with van der Waals surface area (Å²) in [5, 5.41) is 8.89. The van der Waals surface area contributed by atoms with Crippen LogP contribution in [0.15, 0.2) is 0 Å². The van der Waals surface area contributed by atoms with Crippen LogP contribution >= 0.6 is 0 Å². The van der Waals surface area contributed by atoms with Gasteiger partial charge in [-0.25, -0.2) is 4.79 Å². The molecule has 3 nitrogen and oxygen atoms in total. The Morgan fingerprint density at radius 2 is 2.00 bits per heavy atom. The van der Waals surface area contributed by atoms with Crippen molar-refractivity contribution >= 4 is 5.97 Å². The average molecular weight is 184 g/mol. The number of carboxylic acids is 1. The van der Waals surface area contributed by atoms with Gasteiger partial charge in [0, 0.05) is 0 Å². The van der Waals surface area contributed by atoms with Crippen molar-refractivity contribution in [1.29, 1.82) is 0 Å². The van der Waals surface area contributed by atoms with Crippen LogP contribution in [0.2, 0.25) is 0 Å². The molecular formula is C10H16O3. The Morgan fingerprint density at radius 3 is 2.46 bits per heavy atom. The number of ether oxygens (including phenoxy) is 1. The molecule has 1 N–H and O–H groups in total. The van der Waals surface area contributed by atoms with E-state index in [-0.39, 0.29) is 6.10 Å². The second-order valence-corrected chi connectivity index (χ2v) is 4.35. The minimum Gasteiger partial charge on any atom is -0.479 e. The van der Waals surface area contributed by atoms with E-state index in [0.29, 0.717) is 5.92 Å². The quantitative estimate of drug-likeness (QED) is 0.666. The lowest BCUT2D eigenvalue weighted by Gasteiger charge is -2.19. The molecule has 0 amide bonds. The molecule has 74 valence electrons. The molecule has 2 rings (SSSR count). The maximum atomic E-state index is 10.8. The lowest BCUT2D eigenvalue weighted by Crippen LogP contribution is -2.27. The highest BCUT2D eigenvalue weighted by molar-refractivity contribution is 5.80. The van der Waals surface area contributed by atoms with Crippen molar-refractivity contribution in [3.63, 3.8) is 0 Å². The van der Waals surface area contributed by atoms with E-state index in [4.69, 9.17) is 9.84 Å². The summed E-state index contributed by atoms with van der Waals surface area (Å²) < 4.78 is 5.31. The Balaban J connectivity index is 1.94. The van der Waals surface area contributed by atoms with E-state index in [9.17, 15) is 4.79 Å². The number of epoxide rings is 1. The molecule has 0 aromatic carbocycles. The minimum atomic E-state index is -0.859. The van der Waals surface area contributed by atoms with Crippen LogP contribution < -0.4 is 0 Å². The van der Waals surface area contributed by atoms with Gasteiger partial charge in [0.25, 0.3) is 0 Å². The van der Waals surface area contributed by atoms with Gasteiger partial charge in [0.05, 0.1) is 0 Å². The van der Waals surface area contributed by atoms with Gasteiger partial charge in [-0.1, -0.05) is 19.3 Å². The van der Waals surface area contributed by atoms with Crippen molar-refractivity contribution in [3.8, 4) is 0 Å². The highest BCUT2D eigenvalue weighted by atomic mass is 16.6. The third kappa shape index (κ3) is 1.46. The number of hydrogen-bond donors (Lipinski definition) is 1. The zero-order valence-electron chi connectivity index (χ0n) is 7.95. The second-order valence-electron chi connectivity index (χ2n) is 4.35. The van der Waals surface area contributed by atoms with Gasteiger partial charge in [-0.15, -0.1) is 0 Å². The first-order valence-corrected chi connectivity index (χ1v) is 5.06. The van der Waals surface area contributed by atoms with Gasteiger partial charge in [0.2, 0.25) is 0 Å². The van der Waals surface area contributed by atoms with Crippen LogP contribution in [0.3, 0.4) is 0 Å². The highest BCUT2D eigenvalue weighted by Crippen LogP contribution is 2.46. The van der Waals surface area contributed by atoms with E-state index < -0.39 is 11.6 Å². The summed E-state index contributed by atoms with van der Waals surface area (Å²) in [4.78, 5) is 10.8. The Kier molecular flexibility index (Phi) is 2.06. The van der Waals surface area contributed by atoms with Crippen LogP contribution in [-0.2, 0) is 9.53 Å². The zero-order valence-corrected chi connectivity index (χ0v) is 7.95. The molecular weight excluding hydrogens is 168 g/mol. The van der Waals surface area contributed by atoms with E-state index in [1.807, 2.05) is 0 Å². The summed E-state index contributed by atoms with van der Waals surface area (Å²) in [5.41, 5.74) is -0.859. The summed E-state index contributed by atoms with van der Waals surface area (Å²) in [5.74, 6) is -0.307. The predicted molar refractivity (Wildman–Crippen MR) is 47.5 cm³/mol. The van der Waals surface area contributed by atoms with Gasteiger partial charge in [0.1, 0.15) is 6.10 Å². The number of carbonyl (C=O) groups is 1. The van der Waals surface area contributed by atoms with Gasteiger partial charge < -0.3 is 9.84 Å². The van der Waals surface area contributed by atoms with Crippen LogP contribution in [0.5, 0.6) is 0 Å². The molecule has 1 saturated carbocycles. The molecule has 0 spiro atoms. The van der Waals surface area contributed by atoms with Gasteiger partial charge >= 0.3 is 5.97 Å². The molecule has 13 heavy (non-hydrogen) atoms. The third-order valence-electron chi connectivity index (χ3n) is 3.36. The molecule has 2 aliphatic rings. The van der Waals surface area contributed by atoms with E-state index in [2.05, 4.69) is 0 Å². The van der Waals surface area contributed by atoms with Crippen LogP contribution in [0, 0.1) is 5.92 Å². The Labute approximate surface area is 78.1 Å². The van der Waals surface area contributed by atoms with E-state index in [0.717, 1.165) is 12.8 Å². The smallest absolute Gasteiger partial charge is 0.338 e. The van der Waals surface area contributed by atoms with Gasteiger partial charge in [-0.2, -0.15) is 0 Å². The topological polar surface area (TPSA) is 49.8 Å². The van der Waals surface area contributed by atoms with Gasteiger partial charge in [-0.05, 0) is 25.7 Å². The molecule has 1 heterocycles. The fourth-order valence-electron chi connectivity index (χ4n) is 2.38. The molecule has 2 fully saturated rings. The predicted octanol–water partition coefficient (Wildman–Crippen LogP) is 1.81. The average Bonchev–Trinajstić information content (AvgIpc) is 2.81. The number of hydrogen-bond acceptors (Lipinski definition) is 2. The van der Waals surface area contributed by atoms with Crippen molar-refractivity contribution in [2.45, 2.75) is 50.7 Å². The molecule has 3 heteroatoms. The third-order valence-corrected chi connectivity index (χ3v) is 3.36. The number of carboxylic acid groups (broad SMARTS) is 1. The second kappa shape index (κ2) is 2.98. The van der Waals surface area contributed by atoms with Crippen LogP contribution in [0.1, 0.15) is 39.0 Å². The van der Waals surface area contributed by atoms with Crippen molar-refractivity contribution < 1.29 is 14.6 Å². The monoisotopic (exact) mass is 184 g/mol. The molecule has 1 saturated heterocycles. The molecule has 0 bridgehead atoms. The van der Waals surface area contributed by atoms with Crippen LogP contribution in [-0.4, -0.2) is 22.8 Å².